The monoisotopic (exact) mass is 330 g/mol. The normalized spacial score (nSPS) is 38.6. The summed E-state index contributed by atoms with van der Waals surface area (Å²) in [6.45, 7) is 8.25. The van der Waals surface area contributed by atoms with E-state index in [4.69, 9.17) is 15.5 Å². The van der Waals surface area contributed by atoms with E-state index >= 15 is 0 Å². The number of ether oxygens (including phenoxy) is 1. The summed E-state index contributed by atoms with van der Waals surface area (Å²) >= 11 is 0. The van der Waals surface area contributed by atoms with Crippen LogP contribution in [0.1, 0.15) is 45.1 Å². The summed E-state index contributed by atoms with van der Waals surface area (Å²) < 4.78 is 5.83. The standard InChI is InChI=1S/C19H30N4O/c1-12-4-16(22-17-7-19(8-17)5-15(20)6-19)9-21-18(12)23-10-13(2)24-14(3)11-23/h4,9,13-15,17,22H,5-8,10-11,20H2,1-3H3/t13-,14+,15?,17?,19?. The lowest BCUT2D eigenvalue weighted by Crippen LogP contribution is -2.57. The van der Waals surface area contributed by atoms with Gasteiger partial charge in [0.25, 0.3) is 0 Å². The number of hydrogen-bond donors (Lipinski definition) is 2. The van der Waals surface area contributed by atoms with Gasteiger partial charge >= 0.3 is 0 Å². The van der Waals surface area contributed by atoms with Gasteiger partial charge in [0.05, 0.1) is 24.1 Å². The summed E-state index contributed by atoms with van der Waals surface area (Å²) in [6.07, 6.45) is 7.47. The van der Waals surface area contributed by atoms with E-state index in [1.54, 1.807) is 0 Å². The van der Waals surface area contributed by atoms with Crippen LogP contribution < -0.4 is 16.0 Å². The minimum Gasteiger partial charge on any atom is -0.381 e. The largest absolute Gasteiger partial charge is 0.381 e. The Kier molecular flexibility index (Phi) is 3.96. The molecule has 2 heterocycles. The van der Waals surface area contributed by atoms with E-state index < -0.39 is 0 Å². The molecule has 0 amide bonds. The number of pyridine rings is 1. The van der Waals surface area contributed by atoms with Crippen LogP contribution in [0.3, 0.4) is 0 Å². The molecule has 0 bridgehead atoms. The first-order chi connectivity index (χ1) is 11.4. The lowest BCUT2D eigenvalue weighted by molar-refractivity contribution is -0.00548. The fraction of sp³-hybridized carbons (Fsp3) is 0.737. The van der Waals surface area contributed by atoms with Crippen molar-refractivity contribution < 1.29 is 4.74 Å². The molecule has 1 saturated heterocycles. The Balaban J connectivity index is 1.38. The van der Waals surface area contributed by atoms with Crippen LogP contribution in [0.4, 0.5) is 11.5 Å². The van der Waals surface area contributed by atoms with E-state index in [0.29, 0.717) is 17.5 Å². The number of rotatable bonds is 3. The molecule has 0 unspecified atom stereocenters. The van der Waals surface area contributed by atoms with Gasteiger partial charge in [0.2, 0.25) is 0 Å². The van der Waals surface area contributed by atoms with Crippen molar-refractivity contribution in [3.8, 4) is 0 Å². The highest BCUT2D eigenvalue weighted by molar-refractivity contribution is 5.55. The first-order valence-corrected chi connectivity index (χ1v) is 9.32. The number of anilines is 2. The first-order valence-electron chi connectivity index (χ1n) is 9.32. The Morgan fingerprint density at radius 3 is 2.46 bits per heavy atom. The predicted molar refractivity (Wildman–Crippen MR) is 97.5 cm³/mol. The van der Waals surface area contributed by atoms with E-state index in [0.717, 1.165) is 24.6 Å². The zero-order valence-electron chi connectivity index (χ0n) is 15.1. The zero-order valence-corrected chi connectivity index (χ0v) is 15.1. The molecule has 3 fully saturated rings. The SMILES string of the molecule is Cc1cc(NC2CC3(CC(N)C3)C2)cnc1N1C[C@@H](C)O[C@@H](C)C1. The molecular formula is C19H30N4O. The number of aryl methyl sites for hydroxylation is 1. The summed E-state index contributed by atoms with van der Waals surface area (Å²) in [5, 5.41) is 3.66. The molecule has 1 spiro atoms. The maximum absolute atomic E-state index is 5.94. The van der Waals surface area contributed by atoms with Gasteiger partial charge in [0.15, 0.2) is 0 Å². The lowest BCUT2D eigenvalue weighted by Gasteiger charge is -2.57. The van der Waals surface area contributed by atoms with Gasteiger partial charge in [-0.05, 0) is 63.5 Å². The highest BCUT2D eigenvalue weighted by Crippen LogP contribution is 2.55. The summed E-state index contributed by atoms with van der Waals surface area (Å²) in [7, 11) is 0. The third kappa shape index (κ3) is 3.00. The minimum atomic E-state index is 0.257. The average Bonchev–Trinajstić information content (AvgIpc) is 2.42. The van der Waals surface area contributed by atoms with Gasteiger partial charge in [-0.25, -0.2) is 4.98 Å². The van der Waals surface area contributed by atoms with Gasteiger partial charge in [-0.1, -0.05) is 0 Å². The molecule has 5 nitrogen and oxygen atoms in total. The number of nitrogens with one attached hydrogen (secondary N) is 1. The van der Waals surface area contributed by atoms with Crippen LogP contribution >= 0.6 is 0 Å². The molecule has 2 saturated carbocycles. The first kappa shape index (κ1) is 16.2. The smallest absolute Gasteiger partial charge is 0.131 e. The predicted octanol–water partition coefficient (Wildman–Crippen LogP) is 2.69. The average molecular weight is 330 g/mol. The lowest BCUT2D eigenvalue weighted by atomic mass is 9.52. The summed E-state index contributed by atoms with van der Waals surface area (Å²) in [6, 6.07) is 3.28. The van der Waals surface area contributed by atoms with Crippen molar-refractivity contribution in [1.29, 1.82) is 0 Å². The molecule has 5 heteroatoms. The number of nitrogens with zero attached hydrogens (tertiary/aromatic N) is 2. The third-order valence-electron chi connectivity index (χ3n) is 5.89. The molecular weight excluding hydrogens is 300 g/mol. The van der Waals surface area contributed by atoms with Crippen LogP contribution in [-0.4, -0.2) is 42.4 Å². The molecule has 3 N–H and O–H groups in total. The Hall–Kier alpha value is -1.33. The Morgan fingerprint density at radius 2 is 1.88 bits per heavy atom. The van der Waals surface area contributed by atoms with Crippen LogP contribution in [-0.2, 0) is 4.74 Å². The van der Waals surface area contributed by atoms with Crippen molar-refractivity contribution in [2.24, 2.45) is 11.1 Å². The van der Waals surface area contributed by atoms with E-state index in [-0.39, 0.29) is 12.2 Å². The van der Waals surface area contributed by atoms with Crippen molar-refractivity contribution in [3.05, 3.63) is 17.8 Å². The Labute approximate surface area is 145 Å². The number of nitrogens with two attached hydrogens (primary N) is 1. The third-order valence-corrected chi connectivity index (χ3v) is 5.89. The second-order valence-electron chi connectivity index (χ2n) is 8.44. The minimum absolute atomic E-state index is 0.257. The highest BCUT2D eigenvalue weighted by Gasteiger charge is 2.51. The fourth-order valence-corrected chi connectivity index (χ4v) is 5.04. The molecule has 1 aromatic rings. The molecule has 0 radical (unpaired) electrons. The zero-order chi connectivity index (χ0) is 16.9. The molecule has 132 valence electrons. The van der Waals surface area contributed by atoms with E-state index in [9.17, 15) is 0 Å². The second-order valence-corrected chi connectivity index (χ2v) is 8.44. The highest BCUT2D eigenvalue weighted by atomic mass is 16.5. The summed E-state index contributed by atoms with van der Waals surface area (Å²) in [5.41, 5.74) is 8.90. The van der Waals surface area contributed by atoms with Gasteiger partial charge < -0.3 is 20.7 Å². The molecule has 0 aromatic carbocycles. The van der Waals surface area contributed by atoms with Crippen LogP contribution in [0.25, 0.3) is 0 Å². The van der Waals surface area contributed by atoms with Crippen molar-refractivity contribution in [3.63, 3.8) is 0 Å². The van der Waals surface area contributed by atoms with Crippen molar-refractivity contribution in [1.82, 2.24) is 4.98 Å². The number of hydrogen-bond acceptors (Lipinski definition) is 5. The van der Waals surface area contributed by atoms with Gasteiger partial charge in [-0.3, -0.25) is 0 Å². The molecule has 4 rings (SSSR count). The van der Waals surface area contributed by atoms with Crippen LogP contribution in [0.2, 0.25) is 0 Å². The van der Waals surface area contributed by atoms with E-state index in [2.05, 4.69) is 37.1 Å². The van der Waals surface area contributed by atoms with Crippen molar-refractivity contribution >= 4 is 11.5 Å². The molecule has 1 aromatic heterocycles. The molecule has 1 aliphatic heterocycles. The summed E-state index contributed by atoms with van der Waals surface area (Å²) in [5.74, 6) is 1.09. The molecule has 2 aliphatic carbocycles. The number of aromatic nitrogens is 1. The molecule has 24 heavy (non-hydrogen) atoms. The molecule has 3 aliphatic rings. The van der Waals surface area contributed by atoms with E-state index in [1.165, 1.54) is 31.2 Å². The summed E-state index contributed by atoms with van der Waals surface area (Å²) in [4.78, 5) is 7.11. The number of morpholine rings is 1. The maximum Gasteiger partial charge on any atom is 0.131 e. The Morgan fingerprint density at radius 1 is 1.21 bits per heavy atom. The Bertz CT molecular complexity index is 595. The maximum atomic E-state index is 5.94. The fourth-order valence-electron chi connectivity index (χ4n) is 5.04. The topological polar surface area (TPSA) is 63.4 Å². The van der Waals surface area contributed by atoms with Gasteiger partial charge in [-0.2, -0.15) is 0 Å². The van der Waals surface area contributed by atoms with Crippen LogP contribution in [0.15, 0.2) is 12.3 Å². The van der Waals surface area contributed by atoms with Gasteiger partial charge in [0, 0.05) is 25.2 Å². The van der Waals surface area contributed by atoms with Gasteiger partial charge in [0.1, 0.15) is 5.82 Å². The quantitative estimate of drug-likeness (QED) is 0.892. The molecule has 2 atom stereocenters. The van der Waals surface area contributed by atoms with Crippen LogP contribution in [0, 0.1) is 12.3 Å². The van der Waals surface area contributed by atoms with Gasteiger partial charge in [-0.15, -0.1) is 0 Å². The van der Waals surface area contributed by atoms with Crippen LogP contribution in [0.5, 0.6) is 0 Å². The van der Waals surface area contributed by atoms with Crippen molar-refractivity contribution in [2.45, 2.75) is 70.7 Å². The van der Waals surface area contributed by atoms with E-state index in [1.807, 2.05) is 6.20 Å². The second kappa shape index (κ2) is 5.88. The van der Waals surface area contributed by atoms with Crippen molar-refractivity contribution in [2.75, 3.05) is 23.3 Å².